The molecule has 4 heteroatoms. The van der Waals surface area contributed by atoms with Crippen molar-refractivity contribution in [2.75, 3.05) is 6.54 Å². The lowest BCUT2D eigenvalue weighted by molar-refractivity contribution is 0.545. The van der Waals surface area contributed by atoms with Crippen LogP contribution < -0.4 is 5.73 Å². The van der Waals surface area contributed by atoms with Crippen molar-refractivity contribution in [3.8, 4) is 11.5 Å². The molecule has 2 aromatic rings. The molecule has 2 rings (SSSR count). The van der Waals surface area contributed by atoms with E-state index in [2.05, 4.69) is 9.97 Å². The zero-order valence-corrected chi connectivity index (χ0v) is 10.2. The molecule has 0 saturated heterocycles. The van der Waals surface area contributed by atoms with E-state index in [0.717, 1.165) is 41.6 Å². The molecule has 90 valence electrons. The van der Waals surface area contributed by atoms with Crippen LogP contribution in [0.2, 0.25) is 0 Å². The molecule has 2 aromatic heterocycles. The average molecular weight is 231 g/mol. The second-order valence-corrected chi connectivity index (χ2v) is 4.11. The molecule has 0 atom stereocenters. The van der Waals surface area contributed by atoms with Gasteiger partial charge in [0.2, 0.25) is 0 Å². The summed E-state index contributed by atoms with van der Waals surface area (Å²) in [6.07, 6.45) is 1.71. The lowest BCUT2D eigenvalue weighted by Gasteiger charge is -2.03. The van der Waals surface area contributed by atoms with Gasteiger partial charge in [-0.05, 0) is 45.0 Å². The second kappa shape index (κ2) is 5.10. The van der Waals surface area contributed by atoms with Gasteiger partial charge in [0.1, 0.15) is 17.3 Å². The fraction of sp³-hybridized carbons (Fsp3) is 0.385. The highest BCUT2D eigenvalue weighted by Crippen LogP contribution is 2.20. The third kappa shape index (κ3) is 2.91. The SMILES string of the molecule is Cc1cc(-c2ccc(C)o2)nc(CCCN)n1. The van der Waals surface area contributed by atoms with Crippen molar-refractivity contribution in [3.05, 3.63) is 35.5 Å². The Labute approximate surface area is 101 Å². The van der Waals surface area contributed by atoms with E-state index in [-0.39, 0.29) is 0 Å². The monoisotopic (exact) mass is 231 g/mol. The minimum Gasteiger partial charge on any atom is -0.460 e. The average Bonchev–Trinajstić information content (AvgIpc) is 2.72. The minimum absolute atomic E-state index is 0.659. The number of nitrogens with zero attached hydrogens (tertiary/aromatic N) is 2. The van der Waals surface area contributed by atoms with Crippen LogP contribution in [0.25, 0.3) is 11.5 Å². The van der Waals surface area contributed by atoms with Gasteiger partial charge in [0, 0.05) is 12.1 Å². The van der Waals surface area contributed by atoms with Crippen LogP contribution in [0.3, 0.4) is 0 Å². The smallest absolute Gasteiger partial charge is 0.152 e. The predicted molar refractivity (Wildman–Crippen MR) is 66.6 cm³/mol. The van der Waals surface area contributed by atoms with Crippen molar-refractivity contribution < 1.29 is 4.42 Å². The number of furan rings is 1. The van der Waals surface area contributed by atoms with Gasteiger partial charge >= 0.3 is 0 Å². The Morgan fingerprint density at radius 3 is 2.71 bits per heavy atom. The number of hydrogen-bond donors (Lipinski definition) is 1. The molecule has 2 N–H and O–H groups in total. The summed E-state index contributed by atoms with van der Waals surface area (Å²) in [5.41, 5.74) is 7.29. The molecule has 0 saturated carbocycles. The Morgan fingerprint density at radius 2 is 2.06 bits per heavy atom. The van der Waals surface area contributed by atoms with Crippen LogP contribution in [0.4, 0.5) is 0 Å². The Morgan fingerprint density at radius 1 is 1.24 bits per heavy atom. The van der Waals surface area contributed by atoms with Crippen LogP contribution in [-0.4, -0.2) is 16.5 Å². The Kier molecular flexibility index (Phi) is 3.54. The van der Waals surface area contributed by atoms with Crippen molar-refractivity contribution >= 4 is 0 Å². The van der Waals surface area contributed by atoms with E-state index in [9.17, 15) is 0 Å². The molecule has 0 radical (unpaired) electrons. The zero-order chi connectivity index (χ0) is 12.3. The topological polar surface area (TPSA) is 64.9 Å². The Bertz CT molecular complexity index is 505. The van der Waals surface area contributed by atoms with Gasteiger partial charge in [-0.3, -0.25) is 0 Å². The Hall–Kier alpha value is -1.68. The fourth-order valence-electron chi connectivity index (χ4n) is 1.70. The first kappa shape index (κ1) is 11.8. The summed E-state index contributed by atoms with van der Waals surface area (Å²) in [6.45, 7) is 4.55. The number of aromatic nitrogens is 2. The predicted octanol–water partition coefficient (Wildman–Crippen LogP) is 2.24. The van der Waals surface area contributed by atoms with Gasteiger partial charge in [-0.1, -0.05) is 0 Å². The maximum Gasteiger partial charge on any atom is 0.152 e. The first-order valence-electron chi connectivity index (χ1n) is 5.80. The molecular weight excluding hydrogens is 214 g/mol. The number of nitrogens with two attached hydrogens (primary N) is 1. The zero-order valence-electron chi connectivity index (χ0n) is 10.2. The van der Waals surface area contributed by atoms with Crippen LogP contribution in [0, 0.1) is 13.8 Å². The summed E-state index contributed by atoms with van der Waals surface area (Å²) < 4.78 is 5.57. The van der Waals surface area contributed by atoms with Crippen LogP contribution in [0.15, 0.2) is 22.6 Å². The van der Waals surface area contributed by atoms with Crippen LogP contribution in [0.1, 0.15) is 23.7 Å². The van der Waals surface area contributed by atoms with Gasteiger partial charge in [0.05, 0.1) is 0 Å². The molecule has 2 heterocycles. The molecule has 0 fully saturated rings. The highest BCUT2D eigenvalue weighted by molar-refractivity contribution is 5.52. The van der Waals surface area contributed by atoms with Crippen molar-refractivity contribution in [3.63, 3.8) is 0 Å². The molecular formula is C13H17N3O. The molecule has 0 unspecified atom stereocenters. The molecule has 0 aromatic carbocycles. The summed E-state index contributed by atoms with van der Waals surface area (Å²) in [7, 11) is 0. The molecule has 0 amide bonds. The van der Waals surface area contributed by atoms with E-state index in [1.165, 1.54) is 0 Å². The van der Waals surface area contributed by atoms with E-state index in [0.29, 0.717) is 6.54 Å². The molecule has 0 aliphatic heterocycles. The van der Waals surface area contributed by atoms with Gasteiger partial charge in [-0.15, -0.1) is 0 Å². The summed E-state index contributed by atoms with van der Waals surface area (Å²) in [6, 6.07) is 5.81. The van der Waals surface area contributed by atoms with Gasteiger partial charge in [0.25, 0.3) is 0 Å². The summed E-state index contributed by atoms with van der Waals surface area (Å²) in [5.74, 6) is 2.52. The van der Waals surface area contributed by atoms with Crippen LogP contribution in [0.5, 0.6) is 0 Å². The van der Waals surface area contributed by atoms with Crippen LogP contribution >= 0.6 is 0 Å². The molecule has 0 bridgehead atoms. The van der Waals surface area contributed by atoms with Gasteiger partial charge in [-0.2, -0.15) is 0 Å². The third-order valence-electron chi connectivity index (χ3n) is 2.50. The highest BCUT2D eigenvalue weighted by Gasteiger charge is 2.07. The van der Waals surface area contributed by atoms with E-state index in [4.69, 9.17) is 10.2 Å². The van der Waals surface area contributed by atoms with Crippen LogP contribution in [-0.2, 0) is 6.42 Å². The molecule has 0 aliphatic carbocycles. The summed E-state index contributed by atoms with van der Waals surface area (Å²) in [4.78, 5) is 8.89. The maximum atomic E-state index is 5.57. The van der Waals surface area contributed by atoms with E-state index < -0.39 is 0 Å². The number of rotatable bonds is 4. The first-order chi connectivity index (χ1) is 8.19. The van der Waals surface area contributed by atoms with E-state index >= 15 is 0 Å². The van der Waals surface area contributed by atoms with Gasteiger partial charge in [0.15, 0.2) is 5.76 Å². The molecule has 4 nitrogen and oxygen atoms in total. The standard InChI is InChI=1S/C13H17N3O/c1-9-8-11(12-6-5-10(2)17-12)16-13(15-9)4-3-7-14/h5-6,8H,3-4,7,14H2,1-2H3. The number of aryl methyl sites for hydroxylation is 3. The van der Waals surface area contributed by atoms with E-state index in [1.807, 2.05) is 32.0 Å². The van der Waals surface area contributed by atoms with E-state index in [1.54, 1.807) is 0 Å². The largest absolute Gasteiger partial charge is 0.460 e. The second-order valence-electron chi connectivity index (χ2n) is 4.11. The molecule has 0 spiro atoms. The normalized spacial score (nSPS) is 10.8. The van der Waals surface area contributed by atoms with Crippen molar-refractivity contribution in [1.29, 1.82) is 0 Å². The third-order valence-corrected chi connectivity index (χ3v) is 2.50. The highest BCUT2D eigenvalue weighted by atomic mass is 16.3. The maximum absolute atomic E-state index is 5.57. The van der Waals surface area contributed by atoms with Crippen molar-refractivity contribution in [2.45, 2.75) is 26.7 Å². The Balaban J connectivity index is 2.31. The van der Waals surface area contributed by atoms with Gasteiger partial charge < -0.3 is 10.2 Å². The molecule has 17 heavy (non-hydrogen) atoms. The first-order valence-corrected chi connectivity index (χ1v) is 5.80. The minimum atomic E-state index is 0.659. The number of hydrogen-bond acceptors (Lipinski definition) is 4. The van der Waals surface area contributed by atoms with Crippen molar-refractivity contribution in [1.82, 2.24) is 9.97 Å². The lowest BCUT2D eigenvalue weighted by Crippen LogP contribution is -2.04. The van der Waals surface area contributed by atoms with Gasteiger partial charge in [-0.25, -0.2) is 9.97 Å². The fourth-order valence-corrected chi connectivity index (χ4v) is 1.70. The quantitative estimate of drug-likeness (QED) is 0.876. The summed E-state index contributed by atoms with van der Waals surface area (Å²) >= 11 is 0. The lowest BCUT2D eigenvalue weighted by atomic mass is 10.2. The van der Waals surface area contributed by atoms with Crippen molar-refractivity contribution in [2.24, 2.45) is 5.73 Å². The summed E-state index contributed by atoms with van der Waals surface area (Å²) in [5, 5.41) is 0. The molecule has 0 aliphatic rings.